The molecule has 2 rings (SSSR count). The van der Waals surface area contributed by atoms with Crippen LogP contribution < -0.4 is 0 Å². The number of nitrogens with zero attached hydrogens (tertiary/aromatic N) is 2. The van der Waals surface area contributed by atoms with Crippen molar-refractivity contribution in [1.29, 1.82) is 0 Å². The minimum atomic E-state index is 0.218. The fourth-order valence-corrected chi connectivity index (χ4v) is 2.75. The highest BCUT2D eigenvalue weighted by atomic mass is 14.9. The van der Waals surface area contributed by atoms with Gasteiger partial charge in [0.15, 0.2) is 0 Å². The first-order valence-corrected chi connectivity index (χ1v) is 9.28. The molecule has 0 amide bonds. The van der Waals surface area contributed by atoms with Gasteiger partial charge in [-0.3, -0.25) is 0 Å². The van der Waals surface area contributed by atoms with Crippen molar-refractivity contribution in [2.75, 3.05) is 0 Å². The average Bonchev–Trinajstić information content (AvgIpc) is 2.61. The maximum atomic E-state index is 4.67. The van der Waals surface area contributed by atoms with E-state index >= 15 is 0 Å². The predicted molar refractivity (Wildman–Crippen MR) is 107 cm³/mol. The molecule has 0 bridgehead atoms. The highest BCUT2D eigenvalue weighted by molar-refractivity contribution is 5.42. The summed E-state index contributed by atoms with van der Waals surface area (Å²) in [5.41, 5.74) is 2.63. The van der Waals surface area contributed by atoms with Crippen LogP contribution in [0.1, 0.15) is 38.8 Å². The second kappa shape index (κ2) is 9.96. The maximum Gasteiger partial charge on any atom is 0.0898 e. The third kappa shape index (κ3) is 6.68. The van der Waals surface area contributed by atoms with E-state index < -0.39 is 0 Å². The monoisotopic (exact) mass is 334 g/mol. The van der Waals surface area contributed by atoms with Gasteiger partial charge in [-0.1, -0.05) is 88.4 Å². The van der Waals surface area contributed by atoms with Gasteiger partial charge in [0.2, 0.25) is 0 Å². The number of hydrogen-bond donors (Lipinski definition) is 0. The molecule has 0 N–H and O–H groups in total. The summed E-state index contributed by atoms with van der Waals surface area (Å²) in [4.78, 5) is 9.33. The van der Waals surface area contributed by atoms with Crippen molar-refractivity contribution in [1.82, 2.24) is 0 Å². The van der Waals surface area contributed by atoms with Crippen molar-refractivity contribution in [3.63, 3.8) is 0 Å². The van der Waals surface area contributed by atoms with Crippen LogP contribution in [0, 0.1) is 11.8 Å². The molecule has 2 aromatic rings. The minimum absolute atomic E-state index is 0.218. The first-order chi connectivity index (χ1) is 12.1. The van der Waals surface area contributed by atoms with Gasteiger partial charge in [0.05, 0.1) is 18.1 Å². The van der Waals surface area contributed by atoms with Gasteiger partial charge >= 0.3 is 0 Å². The number of aliphatic imine (C=N–C) groups is 2. The molecule has 0 aromatic heterocycles. The quantitative estimate of drug-likeness (QED) is 0.554. The Morgan fingerprint density at radius 2 is 1.00 bits per heavy atom. The van der Waals surface area contributed by atoms with Gasteiger partial charge < -0.3 is 0 Å². The highest BCUT2D eigenvalue weighted by Crippen LogP contribution is 2.15. The van der Waals surface area contributed by atoms with Gasteiger partial charge in [0.1, 0.15) is 0 Å². The Bertz CT molecular complexity index is 610. The first kappa shape index (κ1) is 19.1. The molecule has 0 heterocycles. The molecule has 132 valence electrons. The lowest BCUT2D eigenvalue weighted by molar-refractivity contribution is 0.485. The predicted octanol–water partition coefficient (Wildman–Crippen LogP) is 5.69. The molecule has 2 atom stereocenters. The molecule has 25 heavy (non-hydrogen) atoms. The Morgan fingerprint density at radius 1 is 0.640 bits per heavy atom. The van der Waals surface area contributed by atoms with Crippen LogP contribution in [0.2, 0.25) is 0 Å². The minimum Gasteiger partial charge on any atom is -0.222 e. The topological polar surface area (TPSA) is 24.7 Å². The van der Waals surface area contributed by atoms with E-state index in [2.05, 4.69) is 104 Å². The zero-order valence-electron chi connectivity index (χ0n) is 15.9. The fraction of sp³-hybridized carbons (Fsp3) is 0.435. The third-order valence-electron chi connectivity index (χ3n) is 4.56. The Hall–Kier alpha value is -2.18. The van der Waals surface area contributed by atoms with Gasteiger partial charge in [0.25, 0.3) is 0 Å². The molecule has 0 radical (unpaired) electrons. The van der Waals surface area contributed by atoms with Crippen molar-refractivity contribution < 1.29 is 0 Å². The molecule has 2 heteroatoms. The lowest BCUT2D eigenvalue weighted by atomic mass is 9.97. The molecule has 0 aliphatic heterocycles. The van der Waals surface area contributed by atoms with Crippen LogP contribution in [-0.2, 0) is 12.8 Å². The van der Waals surface area contributed by atoms with Crippen LogP contribution in [0.4, 0.5) is 0 Å². The Labute approximate surface area is 152 Å². The van der Waals surface area contributed by atoms with E-state index in [9.17, 15) is 0 Å². The van der Waals surface area contributed by atoms with Gasteiger partial charge in [-0.05, 0) is 35.8 Å². The number of benzene rings is 2. The van der Waals surface area contributed by atoms with E-state index in [1.165, 1.54) is 11.1 Å². The molecular weight excluding hydrogens is 304 g/mol. The van der Waals surface area contributed by atoms with Gasteiger partial charge in [-0.2, -0.15) is 0 Å². The lowest BCUT2D eigenvalue weighted by Crippen LogP contribution is -2.17. The summed E-state index contributed by atoms with van der Waals surface area (Å²) in [7, 11) is 0. The maximum absolute atomic E-state index is 4.67. The third-order valence-corrected chi connectivity index (χ3v) is 4.56. The molecular formula is C23H30N2. The summed E-state index contributed by atoms with van der Waals surface area (Å²) in [5, 5.41) is 0. The first-order valence-electron chi connectivity index (χ1n) is 9.28. The fourth-order valence-electron chi connectivity index (χ4n) is 2.75. The van der Waals surface area contributed by atoms with Crippen LogP contribution in [0.5, 0.6) is 0 Å². The van der Waals surface area contributed by atoms with Crippen LogP contribution in [-0.4, -0.2) is 18.1 Å². The van der Waals surface area contributed by atoms with Gasteiger partial charge in [-0.25, -0.2) is 9.98 Å². The zero-order chi connectivity index (χ0) is 18.1. The Kier molecular flexibility index (Phi) is 7.63. The second-order valence-corrected chi connectivity index (χ2v) is 7.36. The molecule has 0 fully saturated rings. The summed E-state index contributed by atoms with van der Waals surface area (Å²) in [6.07, 6.45) is 1.87. The van der Waals surface area contributed by atoms with Crippen LogP contribution in [0.3, 0.4) is 0 Å². The van der Waals surface area contributed by atoms with Crippen molar-refractivity contribution >= 4 is 6.01 Å². The highest BCUT2D eigenvalue weighted by Gasteiger charge is 2.14. The standard InChI is InChI=1S/C23H30N2/c1-18(2)22(15-20-11-7-5-8-12-20)24-17-25-23(19(3)4)16-21-13-9-6-10-14-21/h5-14,18-19,22-23H,15-16H2,1-4H3. The SMILES string of the molecule is CC(C)C(Cc1ccccc1)N=C=NC(Cc1ccccc1)C(C)C. The number of hydrogen-bond acceptors (Lipinski definition) is 2. The van der Waals surface area contributed by atoms with E-state index in [4.69, 9.17) is 0 Å². The molecule has 0 saturated carbocycles. The largest absolute Gasteiger partial charge is 0.222 e. The zero-order valence-corrected chi connectivity index (χ0v) is 15.9. The van der Waals surface area contributed by atoms with E-state index in [1.54, 1.807) is 0 Å². The summed E-state index contributed by atoms with van der Waals surface area (Å²) in [6.45, 7) is 8.84. The van der Waals surface area contributed by atoms with E-state index in [-0.39, 0.29) is 12.1 Å². The average molecular weight is 335 g/mol. The van der Waals surface area contributed by atoms with Crippen molar-refractivity contribution in [3.05, 3.63) is 71.8 Å². The van der Waals surface area contributed by atoms with Crippen molar-refractivity contribution in [2.24, 2.45) is 21.8 Å². The molecule has 0 aliphatic carbocycles. The van der Waals surface area contributed by atoms with E-state index in [0.29, 0.717) is 11.8 Å². The van der Waals surface area contributed by atoms with Crippen LogP contribution in [0.15, 0.2) is 70.6 Å². The summed E-state index contributed by atoms with van der Waals surface area (Å²) >= 11 is 0. The van der Waals surface area contributed by atoms with Crippen molar-refractivity contribution in [2.45, 2.75) is 52.6 Å². The molecule has 0 saturated heterocycles. The second-order valence-electron chi connectivity index (χ2n) is 7.36. The summed E-state index contributed by atoms with van der Waals surface area (Å²) in [6, 6.07) is 24.6. The van der Waals surface area contributed by atoms with E-state index in [0.717, 1.165) is 12.8 Å². The Morgan fingerprint density at radius 3 is 1.32 bits per heavy atom. The van der Waals surface area contributed by atoms with Crippen LogP contribution in [0.25, 0.3) is 0 Å². The normalized spacial score (nSPS) is 13.4. The lowest BCUT2D eigenvalue weighted by Gasteiger charge is -2.16. The molecule has 0 aliphatic rings. The van der Waals surface area contributed by atoms with Gasteiger partial charge in [-0.15, -0.1) is 0 Å². The molecule has 2 aromatic carbocycles. The van der Waals surface area contributed by atoms with E-state index in [1.807, 2.05) is 0 Å². The van der Waals surface area contributed by atoms with Crippen LogP contribution >= 0.6 is 0 Å². The van der Waals surface area contributed by atoms with Gasteiger partial charge in [0, 0.05) is 0 Å². The summed E-state index contributed by atoms with van der Waals surface area (Å²) < 4.78 is 0. The molecule has 0 spiro atoms. The number of rotatable bonds is 8. The molecule has 2 nitrogen and oxygen atoms in total. The summed E-state index contributed by atoms with van der Waals surface area (Å²) in [5.74, 6) is 0.934. The smallest absolute Gasteiger partial charge is 0.0898 e. The molecule has 2 unspecified atom stereocenters. The van der Waals surface area contributed by atoms with Crippen molar-refractivity contribution in [3.8, 4) is 0 Å². The Balaban J connectivity index is 2.08.